The Morgan fingerprint density at radius 2 is 1.93 bits per heavy atom. The molecular weight excluding hydrogens is 430 g/mol. The van der Waals surface area contributed by atoms with Crippen LogP contribution in [0.2, 0.25) is 5.02 Å². The first-order chi connectivity index (χ1) is 14.1. The van der Waals surface area contributed by atoms with Gasteiger partial charge in [0.05, 0.1) is 27.8 Å². The number of nitriles is 1. The van der Waals surface area contributed by atoms with Crippen LogP contribution in [0.4, 0.5) is 17.6 Å². The van der Waals surface area contributed by atoms with Crippen LogP contribution < -0.4 is 15.4 Å². The van der Waals surface area contributed by atoms with Crippen molar-refractivity contribution in [3.8, 4) is 11.8 Å². The third-order valence-corrected chi connectivity index (χ3v) is 4.15. The molecule has 30 heavy (non-hydrogen) atoms. The minimum Gasteiger partial charge on any atom is -0.483 e. The van der Waals surface area contributed by atoms with Gasteiger partial charge in [-0.1, -0.05) is 17.7 Å². The Hall–Kier alpha value is -3.32. The Morgan fingerprint density at radius 3 is 2.53 bits per heavy atom. The van der Waals surface area contributed by atoms with Gasteiger partial charge in [0.1, 0.15) is 5.75 Å². The van der Waals surface area contributed by atoms with Crippen molar-refractivity contribution in [1.29, 1.82) is 5.26 Å². The van der Waals surface area contributed by atoms with E-state index in [9.17, 15) is 27.2 Å². The fourth-order valence-corrected chi connectivity index (χ4v) is 2.53. The van der Waals surface area contributed by atoms with E-state index >= 15 is 0 Å². The van der Waals surface area contributed by atoms with Gasteiger partial charge in [-0.25, -0.2) is 4.39 Å². The number of amides is 2. The highest BCUT2D eigenvalue weighted by atomic mass is 35.5. The zero-order chi connectivity index (χ0) is 22.5. The molecule has 0 saturated carbocycles. The smallest absolute Gasteiger partial charge is 0.416 e. The average molecular weight is 444 g/mol. The van der Waals surface area contributed by atoms with Gasteiger partial charge in [-0.2, -0.15) is 18.4 Å². The Labute approximate surface area is 173 Å². The number of hydrogen-bond acceptors (Lipinski definition) is 4. The fraction of sp³-hybridized carbons (Fsp3) is 0.211. The van der Waals surface area contributed by atoms with E-state index in [-0.39, 0.29) is 24.5 Å². The number of carbonyl (C=O) groups excluding carboxylic acids is 2. The van der Waals surface area contributed by atoms with Crippen LogP contribution in [0.3, 0.4) is 0 Å². The summed E-state index contributed by atoms with van der Waals surface area (Å²) < 4.78 is 58.2. The summed E-state index contributed by atoms with van der Waals surface area (Å²) in [6.45, 7) is -0.648. The van der Waals surface area contributed by atoms with E-state index in [0.717, 1.165) is 0 Å². The number of alkyl halides is 3. The molecule has 0 spiro atoms. The van der Waals surface area contributed by atoms with Gasteiger partial charge in [-0.3, -0.25) is 9.59 Å². The van der Waals surface area contributed by atoms with Crippen LogP contribution in [0.25, 0.3) is 0 Å². The largest absolute Gasteiger partial charge is 0.483 e. The molecule has 2 rings (SSSR count). The molecule has 0 aliphatic carbocycles. The van der Waals surface area contributed by atoms with Crippen LogP contribution in [-0.2, 0) is 17.5 Å². The summed E-state index contributed by atoms with van der Waals surface area (Å²) >= 11 is 5.49. The zero-order valence-electron chi connectivity index (χ0n) is 15.4. The van der Waals surface area contributed by atoms with Gasteiger partial charge in [0, 0.05) is 19.2 Å². The maximum absolute atomic E-state index is 14.1. The molecule has 0 unspecified atom stereocenters. The number of carbonyl (C=O) groups is 2. The standard InChI is InChI=1S/C19H14ClF4N3O3/c1-26-16(28)9-30-15-4-10(7-25)2-3-11(15)8-27-18(29)13-5-12(19(22,23)24)6-14(20)17(13)21/h2-6H,8-9H2,1H3,(H,26,28)(H,27,29). The number of nitrogens with zero attached hydrogens (tertiary/aromatic N) is 1. The molecule has 158 valence electrons. The highest BCUT2D eigenvalue weighted by molar-refractivity contribution is 6.31. The fourth-order valence-electron chi connectivity index (χ4n) is 2.31. The molecule has 0 radical (unpaired) electrons. The molecule has 0 atom stereocenters. The molecule has 0 saturated heterocycles. The van der Waals surface area contributed by atoms with Crippen LogP contribution >= 0.6 is 11.6 Å². The van der Waals surface area contributed by atoms with Crippen molar-refractivity contribution in [1.82, 2.24) is 10.6 Å². The summed E-state index contributed by atoms with van der Waals surface area (Å²) in [6, 6.07) is 6.79. The van der Waals surface area contributed by atoms with Crippen LogP contribution in [0, 0.1) is 17.1 Å². The zero-order valence-corrected chi connectivity index (χ0v) is 16.1. The van der Waals surface area contributed by atoms with Gasteiger partial charge >= 0.3 is 6.18 Å². The van der Waals surface area contributed by atoms with Crippen LogP contribution in [0.5, 0.6) is 5.75 Å². The van der Waals surface area contributed by atoms with E-state index in [1.807, 2.05) is 6.07 Å². The molecule has 2 N–H and O–H groups in total. The predicted octanol–water partition coefficient (Wildman–Crippen LogP) is 3.42. The summed E-state index contributed by atoms with van der Waals surface area (Å²) in [6.07, 6.45) is -4.82. The summed E-state index contributed by atoms with van der Waals surface area (Å²) in [5.74, 6) is -2.78. The summed E-state index contributed by atoms with van der Waals surface area (Å²) in [5, 5.41) is 12.8. The van der Waals surface area contributed by atoms with Crippen molar-refractivity contribution in [2.75, 3.05) is 13.7 Å². The third-order valence-electron chi connectivity index (χ3n) is 3.87. The molecule has 0 aromatic heterocycles. The first kappa shape index (κ1) is 23.0. The van der Waals surface area contributed by atoms with Gasteiger partial charge in [0.15, 0.2) is 12.4 Å². The third kappa shape index (κ3) is 5.61. The lowest BCUT2D eigenvalue weighted by atomic mass is 10.1. The van der Waals surface area contributed by atoms with E-state index in [4.69, 9.17) is 21.6 Å². The Balaban J connectivity index is 2.25. The molecule has 0 bridgehead atoms. The lowest BCUT2D eigenvalue weighted by Crippen LogP contribution is -2.27. The second kappa shape index (κ2) is 9.45. The van der Waals surface area contributed by atoms with Crippen LogP contribution in [-0.4, -0.2) is 25.5 Å². The number of halogens is 5. The molecular formula is C19H14ClF4N3O3. The van der Waals surface area contributed by atoms with E-state index in [0.29, 0.717) is 17.7 Å². The first-order valence-corrected chi connectivity index (χ1v) is 8.65. The van der Waals surface area contributed by atoms with Gasteiger partial charge < -0.3 is 15.4 Å². The molecule has 2 aromatic carbocycles. The Morgan fingerprint density at radius 1 is 1.23 bits per heavy atom. The van der Waals surface area contributed by atoms with Crippen molar-refractivity contribution in [2.24, 2.45) is 0 Å². The molecule has 11 heteroatoms. The minimum atomic E-state index is -4.82. The van der Waals surface area contributed by atoms with Gasteiger partial charge in [0.2, 0.25) is 0 Å². The highest BCUT2D eigenvalue weighted by Crippen LogP contribution is 2.33. The second-order valence-electron chi connectivity index (χ2n) is 5.90. The Kier molecular flexibility index (Phi) is 7.24. The summed E-state index contributed by atoms with van der Waals surface area (Å²) in [5.41, 5.74) is -1.62. The highest BCUT2D eigenvalue weighted by Gasteiger charge is 2.33. The van der Waals surface area contributed by atoms with E-state index in [2.05, 4.69) is 10.6 Å². The number of nitrogens with one attached hydrogen (secondary N) is 2. The van der Waals surface area contributed by atoms with Crippen LogP contribution in [0.15, 0.2) is 30.3 Å². The average Bonchev–Trinajstić information content (AvgIpc) is 2.71. The molecule has 6 nitrogen and oxygen atoms in total. The quantitative estimate of drug-likeness (QED) is 0.669. The molecule has 2 aromatic rings. The molecule has 0 heterocycles. The van der Waals surface area contributed by atoms with E-state index in [1.165, 1.54) is 25.2 Å². The van der Waals surface area contributed by atoms with Gasteiger partial charge in [-0.15, -0.1) is 0 Å². The van der Waals surface area contributed by atoms with Gasteiger partial charge in [0.25, 0.3) is 11.8 Å². The molecule has 0 aliphatic heterocycles. The number of benzene rings is 2. The molecule has 2 amide bonds. The lowest BCUT2D eigenvalue weighted by molar-refractivity contribution is -0.137. The molecule has 0 aliphatic rings. The number of likely N-dealkylation sites (N-methyl/N-ethyl adjacent to an activating group) is 1. The van der Waals surface area contributed by atoms with Crippen molar-refractivity contribution >= 4 is 23.4 Å². The Bertz CT molecular complexity index is 1020. The summed E-state index contributed by atoms with van der Waals surface area (Å²) in [4.78, 5) is 23.7. The lowest BCUT2D eigenvalue weighted by Gasteiger charge is -2.14. The second-order valence-corrected chi connectivity index (χ2v) is 6.30. The number of hydrogen-bond donors (Lipinski definition) is 2. The number of ether oxygens (including phenoxy) is 1. The maximum atomic E-state index is 14.1. The maximum Gasteiger partial charge on any atom is 0.416 e. The number of rotatable bonds is 6. The predicted molar refractivity (Wildman–Crippen MR) is 98.3 cm³/mol. The minimum absolute atomic E-state index is 0.0977. The SMILES string of the molecule is CNC(=O)COc1cc(C#N)ccc1CNC(=O)c1cc(C(F)(F)F)cc(Cl)c1F. The van der Waals surface area contributed by atoms with Crippen LogP contribution in [0.1, 0.15) is 27.0 Å². The van der Waals surface area contributed by atoms with Crippen molar-refractivity contribution in [3.05, 3.63) is 63.4 Å². The topological polar surface area (TPSA) is 91.2 Å². The van der Waals surface area contributed by atoms with Crippen molar-refractivity contribution in [3.63, 3.8) is 0 Å². The monoisotopic (exact) mass is 443 g/mol. The van der Waals surface area contributed by atoms with Gasteiger partial charge in [-0.05, 0) is 24.3 Å². The van der Waals surface area contributed by atoms with E-state index < -0.39 is 40.0 Å². The first-order valence-electron chi connectivity index (χ1n) is 8.27. The van der Waals surface area contributed by atoms with E-state index in [1.54, 1.807) is 0 Å². The van der Waals surface area contributed by atoms with Crippen molar-refractivity contribution in [2.45, 2.75) is 12.7 Å². The molecule has 0 fully saturated rings. The normalized spacial score (nSPS) is 10.8. The summed E-state index contributed by atoms with van der Waals surface area (Å²) in [7, 11) is 1.40. The van der Waals surface area contributed by atoms with Crippen molar-refractivity contribution < 1.29 is 31.9 Å².